The highest BCUT2D eigenvalue weighted by Gasteiger charge is 2.34. The number of benzene rings is 2. The number of sulfonamides is 1. The second-order valence-corrected chi connectivity index (χ2v) is 7.72. The van der Waals surface area contributed by atoms with Crippen molar-refractivity contribution in [3.63, 3.8) is 0 Å². The fraction of sp³-hybridized carbons (Fsp3) is 0.133. The number of hydrogen-bond donors (Lipinski definition) is 0. The van der Waals surface area contributed by atoms with Crippen LogP contribution in [0.4, 0.5) is 5.69 Å². The molecule has 0 aliphatic carbocycles. The normalized spacial score (nSPS) is 12.7. The second-order valence-electron chi connectivity index (χ2n) is 4.69. The molecule has 0 aliphatic heterocycles. The van der Waals surface area contributed by atoms with Gasteiger partial charge in [-0.25, -0.2) is 8.42 Å². The highest BCUT2D eigenvalue weighted by molar-refractivity contribution is 7.93. The van der Waals surface area contributed by atoms with Crippen LogP contribution in [0.15, 0.2) is 53.4 Å². The molecule has 2 rings (SSSR count). The standard InChI is InChI=1S/C15H12Cl3NO3S/c1-10(15(18)20)19(14-9-11(16)7-8-13(14)17)23(21,22)12-5-3-2-4-6-12/h2-10H,1H3. The smallest absolute Gasteiger partial charge is 0.265 e. The third kappa shape index (κ3) is 3.80. The van der Waals surface area contributed by atoms with Crippen LogP contribution in [0.3, 0.4) is 0 Å². The van der Waals surface area contributed by atoms with Crippen LogP contribution in [0.5, 0.6) is 0 Å². The minimum Gasteiger partial charge on any atom is -0.279 e. The highest BCUT2D eigenvalue weighted by Crippen LogP contribution is 2.34. The summed E-state index contributed by atoms with van der Waals surface area (Å²) in [6.07, 6.45) is 0. The SMILES string of the molecule is CC(C(=O)Cl)N(c1cc(Cl)ccc1Cl)S(=O)(=O)c1ccccc1. The predicted octanol–water partition coefficient (Wildman–Crippen LogP) is 4.34. The van der Waals surface area contributed by atoms with Crippen LogP contribution in [-0.4, -0.2) is 19.7 Å². The topological polar surface area (TPSA) is 54.5 Å². The Morgan fingerprint density at radius 2 is 1.70 bits per heavy atom. The van der Waals surface area contributed by atoms with E-state index in [1.807, 2.05) is 0 Å². The number of nitrogens with zero attached hydrogens (tertiary/aromatic N) is 1. The van der Waals surface area contributed by atoms with Gasteiger partial charge in [-0.05, 0) is 48.9 Å². The Kier molecular flexibility index (Phi) is 5.57. The van der Waals surface area contributed by atoms with Gasteiger partial charge < -0.3 is 0 Å². The summed E-state index contributed by atoms with van der Waals surface area (Å²) in [7, 11) is -4.05. The summed E-state index contributed by atoms with van der Waals surface area (Å²) in [6.45, 7) is 1.38. The number of halogens is 3. The van der Waals surface area contributed by atoms with Crippen LogP contribution in [-0.2, 0) is 14.8 Å². The van der Waals surface area contributed by atoms with Gasteiger partial charge in [-0.2, -0.15) is 0 Å². The first-order chi connectivity index (χ1) is 10.7. The van der Waals surface area contributed by atoms with E-state index in [9.17, 15) is 13.2 Å². The molecule has 0 aliphatic rings. The molecule has 0 amide bonds. The Balaban J connectivity index is 2.69. The molecule has 122 valence electrons. The molecule has 0 saturated heterocycles. The van der Waals surface area contributed by atoms with Crippen molar-refractivity contribution in [2.24, 2.45) is 0 Å². The molecule has 8 heteroatoms. The molecule has 0 radical (unpaired) electrons. The molecule has 2 aromatic carbocycles. The number of carbonyl (C=O) groups is 1. The van der Waals surface area contributed by atoms with Crippen molar-refractivity contribution in [1.82, 2.24) is 0 Å². The zero-order chi connectivity index (χ0) is 17.2. The Hall–Kier alpha value is -1.27. The Morgan fingerprint density at radius 1 is 1.09 bits per heavy atom. The van der Waals surface area contributed by atoms with Crippen molar-refractivity contribution in [3.05, 3.63) is 58.6 Å². The zero-order valence-electron chi connectivity index (χ0n) is 11.9. The van der Waals surface area contributed by atoms with Gasteiger partial charge in [0.2, 0.25) is 5.24 Å². The summed E-state index contributed by atoms with van der Waals surface area (Å²) in [5.41, 5.74) is 0.0875. The quantitative estimate of drug-likeness (QED) is 0.711. The van der Waals surface area contributed by atoms with Crippen LogP contribution < -0.4 is 4.31 Å². The van der Waals surface area contributed by atoms with Crippen LogP contribution in [0.2, 0.25) is 10.0 Å². The molecule has 0 heterocycles. The molecule has 0 aromatic heterocycles. The largest absolute Gasteiger partial charge is 0.279 e. The summed E-state index contributed by atoms with van der Waals surface area (Å²) in [4.78, 5) is 11.6. The number of rotatable bonds is 5. The monoisotopic (exact) mass is 391 g/mol. The van der Waals surface area contributed by atoms with E-state index in [1.165, 1.54) is 37.3 Å². The van der Waals surface area contributed by atoms with E-state index in [0.717, 1.165) is 4.31 Å². The Labute approximate surface area is 149 Å². The second kappa shape index (κ2) is 7.09. The summed E-state index contributed by atoms with van der Waals surface area (Å²) in [5.74, 6) is 0. The van der Waals surface area contributed by atoms with Crippen LogP contribution >= 0.6 is 34.8 Å². The van der Waals surface area contributed by atoms with E-state index >= 15 is 0 Å². The van der Waals surface area contributed by atoms with Gasteiger partial charge >= 0.3 is 0 Å². The first-order valence-electron chi connectivity index (χ1n) is 6.49. The number of hydrogen-bond acceptors (Lipinski definition) is 3. The molecule has 0 spiro atoms. The summed E-state index contributed by atoms with van der Waals surface area (Å²) < 4.78 is 26.8. The van der Waals surface area contributed by atoms with E-state index in [2.05, 4.69) is 0 Å². The minimum absolute atomic E-state index is 0.0146. The molecule has 0 fully saturated rings. The maximum absolute atomic E-state index is 13.0. The summed E-state index contributed by atoms with van der Waals surface area (Å²) in [6, 6.07) is 10.9. The Morgan fingerprint density at radius 3 is 2.26 bits per heavy atom. The minimum atomic E-state index is -4.05. The lowest BCUT2D eigenvalue weighted by Gasteiger charge is -2.29. The number of carbonyl (C=O) groups excluding carboxylic acids is 1. The molecular formula is C15H12Cl3NO3S. The number of anilines is 1. The van der Waals surface area contributed by atoms with Crippen LogP contribution in [0, 0.1) is 0 Å². The lowest BCUT2D eigenvalue weighted by atomic mass is 10.3. The van der Waals surface area contributed by atoms with E-state index in [4.69, 9.17) is 34.8 Å². The van der Waals surface area contributed by atoms with Crippen molar-refractivity contribution in [3.8, 4) is 0 Å². The van der Waals surface area contributed by atoms with Gasteiger partial charge in [0, 0.05) is 5.02 Å². The van der Waals surface area contributed by atoms with Gasteiger partial charge in [-0.15, -0.1) is 0 Å². The molecular weight excluding hydrogens is 381 g/mol. The first kappa shape index (κ1) is 18.1. The fourth-order valence-electron chi connectivity index (χ4n) is 2.00. The van der Waals surface area contributed by atoms with E-state index in [0.29, 0.717) is 0 Å². The van der Waals surface area contributed by atoms with Crippen molar-refractivity contribution in [2.45, 2.75) is 17.9 Å². The van der Waals surface area contributed by atoms with Gasteiger partial charge in [0.05, 0.1) is 15.6 Å². The predicted molar refractivity (Wildman–Crippen MR) is 92.9 cm³/mol. The fourth-order valence-corrected chi connectivity index (χ4v) is 4.23. The lowest BCUT2D eigenvalue weighted by molar-refractivity contribution is -0.112. The van der Waals surface area contributed by atoms with E-state index in [1.54, 1.807) is 18.2 Å². The maximum atomic E-state index is 13.0. The molecule has 23 heavy (non-hydrogen) atoms. The average Bonchev–Trinajstić information content (AvgIpc) is 2.51. The third-order valence-electron chi connectivity index (χ3n) is 3.13. The Bertz CT molecular complexity index is 825. The summed E-state index contributed by atoms with van der Waals surface area (Å²) in [5, 5.41) is -0.411. The molecule has 0 N–H and O–H groups in total. The van der Waals surface area contributed by atoms with Crippen LogP contribution in [0.25, 0.3) is 0 Å². The van der Waals surface area contributed by atoms with Crippen molar-refractivity contribution < 1.29 is 13.2 Å². The van der Waals surface area contributed by atoms with Gasteiger partial charge in [0.1, 0.15) is 6.04 Å². The van der Waals surface area contributed by atoms with E-state index < -0.39 is 21.3 Å². The molecule has 0 bridgehead atoms. The third-order valence-corrected chi connectivity index (χ3v) is 5.90. The highest BCUT2D eigenvalue weighted by atomic mass is 35.5. The van der Waals surface area contributed by atoms with Crippen LogP contribution in [0.1, 0.15) is 6.92 Å². The van der Waals surface area contributed by atoms with Crippen molar-refractivity contribution in [1.29, 1.82) is 0 Å². The van der Waals surface area contributed by atoms with Gasteiger partial charge in [-0.3, -0.25) is 9.10 Å². The van der Waals surface area contributed by atoms with Gasteiger partial charge in [0.15, 0.2) is 0 Å². The van der Waals surface area contributed by atoms with Crippen molar-refractivity contribution >= 4 is 55.8 Å². The summed E-state index contributed by atoms with van der Waals surface area (Å²) >= 11 is 17.6. The molecule has 0 saturated carbocycles. The first-order valence-corrected chi connectivity index (χ1v) is 9.06. The maximum Gasteiger partial charge on any atom is 0.265 e. The molecule has 1 unspecified atom stereocenters. The van der Waals surface area contributed by atoms with Gasteiger partial charge in [0.25, 0.3) is 10.0 Å². The molecule has 1 atom stereocenters. The lowest BCUT2D eigenvalue weighted by Crippen LogP contribution is -2.42. The molecule has 2 aromatic rings. The average molecular weight is 393 g/mol. The molecule has 4 nitrogen and oxygen atoms in total. The van der Waals surface area contributed by atoms with Gasteiger partial charge in [-0.1, -0.05) is 41.4 Å². The van der Waals surface area contributed by atoms with Crippen molar-refractivity contribution in [2.75, 3.05) is 4.31 Å². The zero-order valence-corrected chi connectivity index (χ0v) is 15.0. The van der Waals surface area contributed by atoms with E-state index in [-0.39, 0.29) is 20.6 Å².